The quantitative estimate of drug-likeness (QED) is 0.408. The minimum atomic E-state index is -1.05. The predicted molar refractivity (Wildman–Crippen MR) is 79.9 cm³/mol. The molecule has 0 spiro atoms. The zero-order valence-corrected chi connectivity index (χ0v) is 13.9. The molecule has 0 aliphatic carbocycles. The van der Waals surface area contributed by atoms with Crippen molar-refractivity contribution in [1.82, 2.24) is 5.32 Å². The van der Waals surface area contributed by atoms with Gasteiger partial charge in [0.25, 0.3) is 0 Å². The standard InChI is InChI=1S/C13H25N2O5P/c1-12(16)15-7-5-8-18-11-13(10-17-2)20-21(3)19-9-4-6-14/h13H,4-5,7-11H2,1-3H3,(H,15,16). The number of nitrogens with one attached hydrogen (secondary N) is 1. The van der Waals surface area contributed by atoms with Gasteiger partial charge in [0.2, 0.25) is 5.91 Å². The summed E-state index contributed by atoms with van der Waals surface area (Å²) >= 11 is 0. The van der Waals surface area contributed by atoms with Crippen LogP contribution in [0.3, 0.4) is 0 Å². The summed E-state index contributed by atoms with van der Waals surface area (Å²) in [7, 11) is 0.551. The first-order valence-electron chi connectivity index (χ1n) is 6.81. The van der Waals surface area contributed by atoms with E-state index in [2.05, 4.69) is 5.32 Å². The Balaban J connectivity index is 3.75. The number of methoxy groups -OCH3 is 1. The lowest BCUT2D eigenvalue weighted by Gasteiger charge is -2.21. The van der Waals surface area contributed by atoms with Gasteiger partial charge in [-0.15, -0.1) is 0 Å². The van der Waals surface area contributed by atoms with Crippen LogP contribution in [0.2, 0.25) is 0 Å². The van der Waals surface area contributed by atoms with Gasteiger partial charge in [-0.2, -0.15) is 5.26 Å². The van der Waals surface area contributed by atoms with Gasteiger partial charge >= 0.3 is 0 Å². The first-order chi connectivity index (χ1) is 10.1. The van der Waals surface area contributed by atoms with Crippen molar-refractivity contribution < 1.29 is 23.3 Å². The molecule has 0 aromatic heterocycles. The molecule has 0 bridgehead atoms. The smallest absolute Gasteiger partial charge is 0.216 e. The van der Waals surface area contributed by atoms with Crippen LogP contribution in [0.5, 0.6) is 0 Å². The van der Waals surface area contributed by atoms with Crippen molar-refractivity contribution in [1.29, 1.82) is 5.26 Å². The summed E-state index contributed by atoms with van der Waals surface area (Å²) in [4.78, 5) is 10.7. The van der Waals surface area contributed by atoms with E-state index in [1.807, 2.05) is 12.7 Å². The molecule has 7 nitrogen and oxygen atoms in total. The number of carbonyl (C=O) groups is 1. The monoisotopic (exact) mass is 320 g/mol. The fourth-order valence-electron chi connectivity index (χ4n) is 1.41. The Bertz CT molecular complexity index is 311. The number of rotatable bonds is 13. The van der Waals surface area contributed by atoms with Crippen molar-refractivity contribution in [2.75, 3.05) is 46.7 Å². The minimum absolute atomic E-state index is 0.0401. The Morgan fingerprint density at radius 3 is 2.76 bits per heavy atom. The molecule has 0 heterocycles. The molecule has 2 atom stereocenters. The normalized spacial score (nSPS) is 13.4. The molecular weight excluding hydrogens is 295 g/mol. The van der Waals surface area contributed by atoms with Gasteiger partial charge in [0.15, 0.2) is 8.38 Å². The van der Waals surface area contributed by atoms with E-state index in [4.69, 9.17) is 23.8 Å². The Kier molecular flexibility index (Phi) is 13.7. The Labute approximate surface area is 127 Å². The fraction of sp³-hybridized carbons (Fsp3) is 0.846. The van der Waals surface area contributed by atoms with E-state index in [0.717, 1.165) is 6.42 Å². The zero-order valence-electron chi connectivity index (χ0n) is 13.0. The highest BCUT2D eigenvalue weighted by Crippen LogP contribution is 2.35. The van der Waals surface area contributed by atoms with Gasteiger partial charge in [0.1, 0.15) is 6.10 Å². The molecule has 1 amide bonds. The topological polar surface area (TPSA) is 89.8 Å². The lowest BCUT2D eigenvalue weighted by atomic mass is 10.4. The molecule has 0 rings (SSSR count). The van der Waals surface area contributed by atoms with Crippen LogP contribution in [0.15, 0.2) is 0 Å². The summed E-state index contributed by atoms with van der Waals surface area (Å²) in [6.45, 7) is 5.66. The van der Waals surface area contributed by atoms with E-state index < -0.39 is 8.38 Å². The molecule has 0 radical (unpaired) electrons. The zero-order chi connectivity index (χ0) is 15.9. The second-order valence-corrected chi connectivity index (χ2v) is 5.62. The van der Waals surface area contributed by atoms with Gasteiger partial charge in [-0.05, 0) is 6.42 Å². The van der Waals surface area contributed by atoms with Gasteiger partial charge in [-0.3, -0.25) is 4.79 Å². The summed E-state index contributed by atoms with van der Waals surface area (Å²) in [6, 6.07) is 2.01. The third-order valence-electron chi connectivity index (χ3n) is 2.28. The molecule has 0 aliphatic heterocycles. The van der Waals surface area contributed by atoms with E-state index in [0.29, 0.717) is 39.4 Å². The lowest BCUT2D eigenvalue weighted by Crippen LogP contribution is -2.25. The van der Waals surface area contributed by atoms with Crippen LogP contribution in [0.1, 0.15) is 19.8 Å². The van der Waals surface area contributed by atoms with Crippen molar-refractivity contribution in [3.63, 3.8) is 0 Å². The summed E-state index contributed by atoms with van der Waals surface area (Å²) in [6.07, 6.45) is 0.901. The SMILES string of the molecule is COCC(COCCCNC(C)=O)OP(C)OCCC#N. The Morgan fingerprint density at radius 1 is 1.38 bits per heavy atom. The second kappa shape index (κ2) is 14.2. The summed E-state index contributed by atoms with van der Waals surface area (Å²) in [5.41, 5.74) is 0. The average Bonchev–Trinajstić information content (AvgIpc) is 2.42. The molecule has 0 aliphatic rings. The van der Waals surface area contributed by atoms with E-state index in [9.17, 15) is 4.79 Å². The van der Waals surface area contributed by atoms with Crippen LogP contribution in [0, 0.1) is 11.3 Å². The van der Waals surface area contributed by atoms with Gasteiger partial charge in [-0.25, -0.2) is 0 Å². The van der Waals surface area contributed by atoms with Crippen molar-refractivity contribution in [2.45, 2.75) is 25.9 Å². The highest BCUT2D eigenvalue weighted by Gasteiger charge is 2.14. The van der Waals surface area contributed by atoms with Crippen LogP contribution < -0.4 is 5.32 Å². The molecule has 0 fully saturated rings. The maximum absolute atomic E-state index is 10.7. The van der Waals surface area contributed by atoms with Gasteiger partial charge in [0, 0.05) is 33.8 Å². The average molecular weight is 320 g/mol. The van der Waals surface area contributed by atoms with Crippen LogP contribution >= 0.6 is 8.38 Å². The largest absolute Gasteiger partial charge is 0.382 e. The van der Waals surface area contributed by atoms with Gasteiger partial charge < -0.3 is 23.8 Å². The van der Waals surface area contributed by atoms with Gasteiger partial charge in [0.05, 0.1) is 32.3 Å². The highest BCUT2D eigenvalue weighted by atomic mass is 31.2. The van der Waals surface area contributed by atoms with Crippen molar-refractivity contribution in [2.24, 2.45) is 0 Å². The second-order valence-electron chi connectivity index (χ2n) is 4.28. The number of hydrogen-bond acceptors (Lipinski definition) is 6. The van der Waals surface area contributed by atoms with Crippen molar-refractivity contribution in [3.05, 3.63) is 0 Å². The molecular formula is C13H25N2O5P. The number of hydrogen-bond donors (Lipinski definition) is 1. The highest BCUT2D eigenvalue weighted by molar-refractivity contribution is 7.46. The molecule has 0 aromatic carbocycles. The molecule has 1 N–H and O–H groups in total. The van der Waals surface area contributed by atoms with Gasteiger partial charge in [-0.1, -0.05) is 0 Å². The van der Waals surface area contributed by atoms with E-state index in [-0.39, 0.29) is 12.0 Å². The summed E-state index contributed by atoms with van der Waals surface area (Å²) in [5, 5.41) is 11.1. The predicted octanol–water partition coefficient (Wildman–Crippen LogP) is 1.43. The fourth-order valence-corrected chi connectivity index (χ4v) is 2.36. The van der Waals surface area contributed by atoms with Crippen molar-refractivity contribution in [3.8, 4) is 6.07 Å². The molecule has 0 saturated heterocycles. The molecule has 122 valence electrons. The third-order valence-corrected chi connectivity index (χ3v) is 3.42. The minimum Gasteiger partial charge on any atom is -0.382 e. The van der Waals surface area contributed by atoms with Crippen LogP contribution in [0.25, 0.3) is 0 Å². The van der Waals surface area contributed by atoms with Crippen molar-refractivity contribution >= 4 is 14.3 Å². The first-order valence-corrected chi connectivity index (χ1v) is 8.44. The van der Waals surface area contributed by atoms with Crippen LogP contribution in [-0.2, 0) is 23.3 Å². The number of amides is 1. The third kappa shape index (κ3) is 13.9. The van der Waals surface area contributed by atoms with Crippen LogP contribution in [-0.4, -0.2) is 58.8 Å². The number of nitrogens with zero attached hydrogens (tertiary/aromatic N) is 1. The van der Waals surface area contributed by atoms with Crippen LogP contribution in [0.4, 0.5) is 0 Å². The molecule has 0 saturated carbocycles. The maximum Gasteiger partial charge on any atom is 0.216 e. The number of ether oxygens (including phenoxy) is 2. The molecule has 0 aromatic rings. The van der Waals surface area contributed by atoms with E-state index in [1.165, 1.54) is 6.92 Å². The van der Waals surface area contributed by atoms with E-state index >= 15 is 0 Å². The Morgan fingerprint density at radius 2 is 2.14 bits per heavy atom. The van der Waals surface area contributed by atoms with E-state index in [1.54, 1.807) is 7.11 Å². The Hall–Kier alpha value is -0.770. The number of nitriles is 1. The maximum atomic E-state index is 10.7. The number of carbonyl (C=O) groups excluding carboxylic acids is 1. The molecule has 2 unspecified atom stereocenters. The summed E-state index contributed by atoms with van der Waals surface area (Å²) < 4.78 is 21.7. The molecule has 8 heteroatoms. The summed E-state index contributed by atoms with van der Waals surface area (Å²) in [5.74, 6) is -0.0401. The lowest BCUT2D eigenvalue weighted by molar-refractivity contribution is -0.119. The molecule has 21 heavy (non-hydrogen) atoms. The first kappa shape index (κ1) is 20.2.